The predicted molar refractivity (Wildman–Crippen MR) is 68.1 cm³/mol. The maximum atomic E-state index is 13.4. The molecule has 88 valence electrons. The first kappa shape index (κ1) is 11.8. The third-order valence-electron chi connectivity index (χ3n) is 2.41. The molecule has 4 heteroatoms. The molecule has 0 radical (unpaired) electrons. The highest BCUT2D eigenvalue weighted by Crippen LogP contribution is 2.22. The molecule has 0 bridgehead atoms. The molecule has 1 aromatic heterocycles. The molecule has 0 atom stereocenters. The number of thiophene rings is 1. The predicted octanol–water partition coefficient (Wildman–Crippen LogP) is 3.76. The molecule has 2 nitrogen and oxygen atoms in total. The SMILES string of the molecule is Cc1cc(C(=O)Nc2ccccc2F)c(C)s1. The number of aryl methyl sites for hydroxylation is 2. The molecule has 0 aliphatic rings. The van der Waals surface area contributed by atoms with Crippen LogP contribution < -0.4 is 5.32 Å². The Hall–Kier alpha value is -1.68. The Kier molecular flexibility index (Phi) is 3.24. The van der Waals surface area contributed by atoms with Crippen molar-refractivity contribution in [2.24, 2.45) is 0 Å². The smallest absolute Gasteiger partial charge is 0.256 e. The highest BCUT2D eigenvalue weighted by molar-refractivity contribution is 7.12. The van der Waals surface area contributed by atoms with Crippen LogP contribution in [0.15, 0.2) is 30.3 Å². The Morgan fingerprint density at radius 2 is 2.00 bits per heavy atom. The van der Waals surface area contributed by atoms with E-state index in [1.807, 2.05) is 19.9 Å². The summed E-state index contributed by atoms with van der Waals surface area (Å²) in [6.07, 6.45) is 0. The van der Waals surface area contributed by atoms with Crippen molar-refractivity contribution in [3.63, 3.8) is 0 Å². The van der Waals surface area contributed by atoms with Gasteiger partial charge in [-0.15, -0.1) is 11.3 Å². The molecule has 0 spiro atoms. The van der Waals surface area contributed by atoms with Crippen LogP contribution >= 0.6 is 11.3 Å². The average Bonchev–Trinajstić information content (AvgIpc) is 2.61. The van der Waals surface area contributed by atoms with Crippen molar-refractivity contribution >= 4 is 22.9 Å². The highest BCUT2D eigenvalue weighted by Gasteiger charge is 2.13. The Balaban J connectivity index is 2.23. The van der Waals surface area contributed by atoms with Gasteiger partial charge < -0.3 is 5.32 Å². The van der Waals surface area contributed by atoms with Crippen LogP contribution in [0.4, 0.5) is 10.1 Å². The number of hydrogen-bond acceptors (Lipinski definition) is 2. The Bertz CT molecular complexity index is 562. The van der Waals surface area contributed by atoms with Crippen molar-refractivity contribution in [3.8, 4) is 0 Å². The summed E-state index contributed by atoms with van der Waals surface area (Å²) < 4.78 is 13.4. The Morgan fingerprint density at radius 3 is 2.59 bits per heavy atom. The van der Waals surface area contributed by atoms with Crippen molar-refractivity contribution in [3.05, 3.63) is 51.5 Å². The molecular weight excluding hydrogens is 237 g/mol. The molecule has 17 heavy (non-hydrogen) atoms. The van der Waals surface area contributed by atoms with Gasteiger partial charge in [0.15, 0.2) is 0 Å². The van der Waals surface area contributed by atoms with Crippen molar-refractivity contribution in [2.75, 3.05) is 5.32 Å². The molecule has 0 saturated carbocycles. The van der Waals surface area contributed by atoms with Crippen molar-refractivity contribution in [1.82, 2.24) is 0 Å². The topological polar surface area (TPSA) is 29.1 Å². The van der Waals surface area contributed by atoms with Gasteiger partial charge in [-0.3, -0.25) is 4.79 Å². The fourth-order valence-electron chi connectivity index (χ4n) is 1.61. The van der Waals surface area contributed by atoms with Crippen molar-refractivity contribution < 1.29 is 9.18 Å². The highest BCUT2D eigenvalue weighted by atomic mass is 32.1. The largest absolute Gasteiger partial charge is 0.319 e. The van der Waals surface area contributed by atoms with Gasteiger partial charge in [0.25, 0.3) is 5.91 Å². The Morgan fingerprint density at radius 1 is 1.29 bits per heavy atom. The lowest BCUT2D eigenvalue weighted by molar-refractivity contribution is 0.102. The number of anilines is 1. The van der Waals surface area contributed by atoms with E-state index in [0.717, 1.165) is 9.75 Å². The van der Waals surface area contributed by atoms with Gasteiger partial charge in [0.2, 0.25) is 0 Å². The summed E-state index contributed by atoms with van der Waals surface area (Å²) >= 11 is 1.56. The second kappa shape index (κ2) is 4.67. The molecule has 0 unspecified atom stereocenters. The lowest BCUT2D eigenvalue weighted by atomic mass is 10.2. The van der Waals surface area contributed by atoms with E-state index in [1.54, 1.807) is 29.5 Å². The van der Waals surface area contributed by atoms with Gasteiger partial charge in [0.1, 0.15) is 5.82 Å². The number of carbonyl (C=O) groups excluding carboxylic acids is 1. The quantitative estimate of drug-likeness (QED) is 0.862. The van der Waals surface area contributed by atoms with Crippen LogP contribution in [-0.4, -0.2) is 5.91 Å². The standard InChI is InChI=1S/C13H12FNOS/c1-8-7-10(9(2)17-8)13(16)15-12-6-4-3-5-11(12)14/h3-7H,1-2H3,(H,15,16). The zero-order chi connectivity index (χ0) is 12.4. The summed E-state index contributed by atoms with van der Waals surface area (Å²) in [4.78, 5) is 13.9. The summed E-state index contributed by atoms with van der Waals surface area (Å²) in [7, 11) is 0. The number of nitrogens with one attached hydrogen (secondary N) is 1. The molecule has 1 heterocycles. The second-order valence-corrected chi connectivity index (χ2v) is 5.22. The number of hydrogen-bond donors (Lipinski definition) is 1. The van der Waals surface area contributed by atoms with E-state index < -0.39 is 5.82 Å². The molecule has 1 aromatic carbocycles. The van der Waals surface area contributed by atoms with Gasteiger partial charge in [0.05, 0.1) is 11.3 Å². The van der Waals surface area contributed by atoms with E-state index in [-0.39, 0.29) is 11.6 Å². The average molecular weight is 249 g/mol. The van der Waals surface area contributed by atoms with Gasteiger partial charge in [0, 0.05) is 9.75 Å². The molecular formula is C13H12FNOS. The van der Waals surface area contributed by atoms with Gasteiger partial charge in [-0.05, 0) is 32.0 Å². The molecule has 1 amide bonds. The van der Waals surface area contributed by atoms with Crippen molar-refractivity contribution in [2.45, 2.75) is 13.8 Å². The number of rotatable bonds is 2. The van der Waals surface area contributed by atoms with Gasteiger partial charge in [-0.2, -0.15) is 0 Å². The number of para-hydroxylation sites is 1. The van der Waals surface area contributed by atoms with E-state index in [9.17, 15) is 9.18 Å². The summed E-state index contributed by atoms with van der Waals surface area (Å²) in [5, 5.41) is 2.57. The minimum absolute atomic E-state index is 0.209. The van der Waals surface area contributed by atoms with Crippen LogP contribution in [-0.2, 0) is 0 Å². The minimum Gasteiger partial charge on any atom is -0.319 e. The van der Waals surface area contributed by atoms with Crippen LogP contribution in [0.3, 0.4) is 0 Å². The monoisotopic (exact) mass is 249 g/mol. The first-order valence-corrected chi connectivity index (χ1v) is 6.02. The molecule has 0 saturated heterocycles. The minimum atomic E-state index is -0.426. The second-order valence-electron chi connectivity index (χ2n) is 3.76. The number of amides is 1. The van der Waals surface area contributed by atoms with Crippen LogP contribution in [0.1, 0.15) is 20.1 Å². The van der Waals surface area contributed by atoms with Crippen LogP contribution in [0.25, 0.3) is 0 Å². The molecule has 2 aromatic rings. The zero-order valence-electron chi connectivity index (χ0n) is 9.58. The van der Waals surface area contributed by atoms with E-state index in [1.165, 1.54) is 6.07 Å². The maximum absolute atomic E-state index is 13.4. The van der Waals surface area contributed by atoms with Crippen LogP contribution in [0.2, 0.25) is 0 Å². The molecule has 0 aliphatic carbocycles. The fourth-order valence-corrected chi connectivity index (χ4v) is 2.53. The third kappa shape index (κ3) is 2.53. The molecule has 1 N–H and O–H groups in total. The van der Waals surface area contributed by atoms with Crippen molar-refractivity contribution in [1.29, 1.82) is 0 Å². The summed E-state index contributed by atoms with van der Waals surface area (Å²) in [6.45, 7) is 3.82. The number of carbonyl (C=O) groups is 1. The third-order valence-corrected chi connectivity index (χ3v) is 3.37. The molecule has 0 aliphatic heterocycles. The lowest BCUT2D eigenvalue weighted by Crippen LogP contribution is -2.13. The first-order chi connectivity index (χ1) is 8.08. The van der Waals surface area contributed by atoms with Crippen LogP contribution in [0, 0.1) is 19.7 Å². The normalized spacial score (nSPS) is 10.3. The van der Waals surface area contributed by atoms with E-state index >= 15 is 0 Å². The summed E-state index contributed by atoms with van der Waals surface area (Å²) in [5.41, 5.74) is 0.816. The van der Waals surface area contributed by atoms with Gasteiger partial charge in [-0.25, -0.2) is 4.39 Å². The molecule has 2 rings (SSSR count). The maximum Gasteiger partial charge on any atom is 0.256 e. The summed E-state index contributed by atoms with van der Waals surface area (Å²) in [5.74, 6) is -0.692. The fraction of sp³-hybridized carbons (Fsp3) is 0.154. The van der Waals surface area contributed by atoms with E-state index in [0.29, 0.717) is 5.56 Å². The lowest BCUT2D eigenvalue weighted by Gasteiger charge is -2.05. The Labute approximate surface area is 103 Å². The van der Waals surface area contributed by atoms with Gasteiger partial charge >= 0.3 is 0 Å². The zero-order valence-corrected chi connectivity index (χ0v) is 10.4. The summed E-state index contributed by atoms with van der Waals surface area (Å²) in [6, 6.07) is 7.95. The van der Waals surface area contributed by atoms with E-state index in [2.05, 4.69) is 5.32 Å². The number of benzene rings is 1. The first-order valence-electron chi connectivity index (χ1n) is 5.21. The van der Waals surface area contributed by atoms with E-state index in [4.69, 9.17) is 0 Å². The number of halogens is 1. The van der Waals surface area contributed by atoms with Gasteiger partial charge in [-0.1, -0.05) is 12.1 Å². The molecule has 0 fully saturated rings. The van der Waals surface area contributed by atoms with Crippen LogP contribution in [0.5, 0.6) is 0 Å².